The Labute approximate surface area is 105 Å². The number of hydrogen-bond acceptors (Lipinski definition) is 3. The lowest BCUT2D eigenvalue weighted by Crippen LogP contribution is -2.33. The number of para-hydroxylation sites is 1. The average Bonchev–Trinajstić information content (AvgIpc) is 2.96. The van der Waals surface area contributed by atoms with Crippen LogP contribution in [0.3, 0.4) is 0 Å². The first-order valence-corrected chi connectivity index (χ1v) is 6.22. The Morgan fingerprint density at radius 2 is 2.17 bits per heavy atom. The highest BCUT2D eigenvalue weighted by atomic mass is 16.4. The summed E-state index contributed by atoms with van der Waals surface area (Å²) < 4.78 is 0. The van der Waals surface area contributed by atoms with Crippen LogP contribution < -0.4 is 4.90 Å². The summed E-state index contributed by atoms with van der Waals surface area (Å²) in [5, 5.41) is 18.4. The van der Waals surface area contributed by atoms with Gasteiger partial charge in [-0.25, -0.2) is 0 Å². The Bertz CT molecular complexity index is 535. The number of rotatable bonds is 2. The molecule has 1 N–H and O–H groups in total. The molecule has 0 amide bonds. The summed E-state index contributed by atoms with van der Waals surface area (Å²) in [5.41, 5.74) is 1.54. The van der Waals surface area contributed by atoms with Crippen LogP contribution in [-0.4, -0.2) is 23.2 Å². The number of benzene rings is 1. The summed E-state index contributed by atoms with van der Waals surface area (Å²) in [7, 11) is 0. The van der Waals surface area contributed by atoms with Crippen molar-refractivity contribution < 1.29 is 9.90 Å². The second-order valence-electron chi connectivity index (χ2n) is 5.02. The smallest absolute Gasteiger partial charge is 0.308 e. The van der Waals surface area contributed by atoms with Gasteiger partial charge in [0, 0.05) is 12.1 Å². The molecule has 3 atom stereocenters. The standard InChI is InChI=1S/C14H14N2O2/c15-8-9-3-1-2-4-12(9)16-10-5-6-13(16)11(7-10)14(17)18/h1-4,10-11,13H,5-7H2,(H,17,18). The number of anilines is 1. The number of nitrogens with zero attached hydrogens (tertiary/aromatic N) is 2. The van der Waals surface area contributed by atoms with Crippen molar-refractivity contribution >= 4 is 11.7 Å². The maximum absolute atomic E-state index is 11.2. The molecule has 18 heavy (non-hydrogen) atoms. The molecule has 0 aliphatic carbocycles. The van der Waals surface area contributed by atoms with E-state index in [2.05, 4.69) is 11.0 Å². The fourth-order valence-corrected chi connectivity index (χ4v) is 3.42. The minimum Gasteiger partial charge on any atom is -0.481 e. The highest BCUT2D eigenvalue weighted by Gasteiger charge is 2.49. The van der Waals surface area contributed by atoms with Gasteiger partial charge in [0.2, 0.25) is 0 Å². The molecule has 2 fully saturated rings. The zero-order valence-electron chi connectivity index (χ0n) is 9.91. The molecule has 3 unspecified atom stereocenters. The number of carboxylic acid groups (broad SMARTS) is 1. The number of nitriles is 1. The van der Waals surface area contributed by atoms with E-state index in [0.29, 0.717) is 12.0 Å². The van der Waals surface area contributed by atoms with Crippen LogP contribution >= 0.6 is 0 Å². The summed E-state index contributed by atoms with van der Waals surface area (Å²) in [4.78, 5) is 13.4. The second-order valence-corrected chi connectivity index (χ2v) is 5.02. The molecule has 0 radical (unpaired) electrons. The Hall–Kier alpha value is -2.02. The molecule has 2 heterocycles. The maximum Gasteiger partial charge on any atom is 0.308 e. The highest BCUT2D eigenvalue weighted by molar-refractivity contribution is 5.75. The van der Waals surface area contributed by atoms with Crippen molar-refractivity contribution in [3.63, 3.8) is 0 Å². The molecule has 0 aromatic heterocycles. The fraction of sp³-hybridized carbons (Fsp3) is 0.429. The molecule has 1 aromatic carbocycles. The van der Waals surface area contributed by atoms with E-state index in [-0.39, 0.29) is 18.0 Å². The summed E-state index contributed by atoms with van der Waals surface area (Å²) in [6, 6.07) is 10.0. The Morgan fingerprint density at radius 1 is 1.39 bits per heavy atom. The van der Waals surface area contributed by atoms with Crippen molar-refractivity contribution in [2.75, 3.05) is 4.90 Å². The number of hydrogen-bond donors (Lipinski definition) is 1. The van der Waals surface area contributed by atoms with E-state index >= 15 is 0 Å². The van der Waals surface area contributed by atoms with Gasteiger partial charge < -0.3 is 10.0 Å². The molecule has 0 spiro atoms. The van der Waals surface area contributed by atoms with E-state index in [9.17, 15) is 9.90 Å². The van der Waals surface area contributed by atoms with Crippen molar-refractivity contribution in [2.45, 2.75) is 31.3 Å². The summed E-state index contributed by atoms with van der Waals surface area (Å²) in [6.07, 6.45) is 2.66. The van der Waals surface area contributed by atoms with E-state index in [1.54, 1.807) is 6.07 Å². The Morgan fingerprint density at radius 3 is 2.83 bits per heavy atom. The normalized spacial score (nSPS) is 29.3. The molecular weight excluding hydrogens is 228 g/mol. The van der Waals surface area contributed by atoms with Gasteiger partial charge in [0.15, 0.2) is 0 Å². The molecular formula is C14H14N2O2. The number of carboxylic acids is 1. The summed E-state index contributed by atoms with van der Waals surface area (Å²) in [6.45, 7) is 0. The molecule has 2 bridgehead atoms. The van der Waals surface area contributed by atoms with Crippen LogP contribution in [0.2, 0.25) is 0 Å². The lowest BCUT2D eigenvalue weighted by atomic mass is 9.89. The van der Waals surface area contributed by atoms with E-state index in [1.165, 1.54) is 0 Å². The number of aliphatic carboxylic acids is 1. The SMILES string of the molecule is N#Cc1ccccc1N1C2CCC1C(C(=O)O)C2. The van der Waals surface area contributed by atoms with Crippen molar-refractivity contribution in [1.82, 2.24) is 0 Å². The monoisotopic (exact) mass is 242 g/mol. The van der Waals surface area contributed by atoms with Gasteiger partial charge in [-0.05, 0) is 31.4 Å². The zero-order chi connectivity index (χ0) is 12.7. The maximum atomic E-state index is 11.2. The van der Waals surface area contributed by atoms with Crippen LogP contribution in [0.1, 0.15) is 24.8 Å². The molecule has 2 aliphatic rings. The Kier molecular flexibility index (Phi) is 2.48. The van der Waals surface area contributed by atoms with E-state index in [0.717, 1.165) is 18.5 Å². The molecule has 1 aromatic rings. The van der Waals surface area contributed by atoms with Gasteiger partial charge in [0.1, 0.15) is 6.07 Å². The molecule has 2 saturated heterocycles. The predicted molar refractivity (Wildman–Crippen MR) is 66.2 cm³/mol. The summed E-state index contributed by atoms with van der Waals surface area (Å²) >= 11 is 0. The van der Waals surface area contributed by atoms with Crippen molar-refractivity contribution in [2.24, 2.45) is 5.92 Å². The molecule has 4 heteroatoms. The molecule has 0 saturated carbocycles. The second kappa shape index (κ2) is 4.02. The van der Waals surface area contributed by atoms with E-state index in [4.69, 9.17) is 5.26 Å². The van der Waals surface area contributed by atoms with Crippen molar-refractivity contribution in [3.05, 3.63) is 29.8 Å². The van der Waals surface area contributed by atoms with Crippen LogP contribution in [0.4, 0.5) is 5.69 Å². The van der Waals surface area contributed by atoms with Gasteiger partial charge in [0.25, 0.3) is 0 Å². The minimum atomic E-state index is -0.707. The van der Waals surface area contributed by atoms with Gasteiger partial charge in [-0.15, -0.1) is 0 Å². The van der Waals surface area contributed by atoms with Crippen LogP contribution in [0.25, 0.3) is 0 Å². The van der Waals surface area contributed by atoms with Crippen LogP contribution in [0.5, 0.6) is 0 Å². The topological polar surface area (TPSA) is 64.3 Å². The minimum absolute atomic E-state index is 0.0574. The van der Waals surface area contributed by atoms with Crippen molar-refractivity contribution in [1.29, 1.82) is 5.26 Å². The van der Waals surface area contributed by atoms with Gasteiger partial charge in [-0.3, -0.25) is 4.79 Å². The quantitative estimate of drug-likeness (QED) is 0.861. The van der Waals surface area contributed by atoms with Gasteiger partial charge in [-0.1, -0.05) is 12.1 Å². The highest BCUT2D eigenvalue weighted by Crippen LogP contribution is 2.45. The largest absolute Gasteiger partial charge is 0.481 e. The van der Waals surface area contributed by atoms with E-state index in [1.807, 2.05) is 18.2 Å². The first kappa shape index (κ1) is 11.1. The third-order valence-electron chi connectivity index (χ3n) is 4.16. The number of carbonyl (C=O) groups is 1. The Balaban J connectivity index is 1.99. The van der Waals surface area contributed by atoms with E-state index < -0.39 is 5.97 Å². The fourth-order valence-electron chi connectivity index (χ4n) is 3.42. The first-order chi connectivity index (χ1) is 8.72. The van der Waals surface area contributed by atoms with Gasteiger partial charge >= 0.3 is 5.97 Å². The average molecular weight is 242 g/mol. The molecule has 2 aliphatic heterocycles. The van der Waals surface area contributed by atoms with Gasteiger partial charge in [0.05, 0.1) is 17.2 Å². The molecule has 3 rings (SSSR count). The van der Waals surface area contributed by atoms with Crippen molar-refractivity contribution in [3.8, 4) is 6.07 Å². The van der Waals surface area contributed by atoms with Crippen LogP contribution in [-0.2, 0) is 4.79 Å². The van der Waals surface area contributed by atoms with Crippen LogP contribution in [0.15, 0.2) is 24.3 Å². The third kappa shape index (κ3) is 1.47. The first-order valence-electron chi connectivity index (χ1n) is 6.22. The predicted octanol–water partition coefficient (Wildman–Crippen LogP) is 2.00. The zero-order valence-corrected chi connectivity index (χ0v) is 9.91. The molecule has 4 nitrogen and oxygen atoms in total. The number of fused-ring (bicyclic) bond motifs is 2. The van der Waals surface area contributed by atoms with Gasteiger partial charge in [-0.2, -0.15) is 5.26 Å². The third-order valence-corrected chi connectivity index (χ3v) is 4.16. The lowest BCUT2D eigenvalue weighted by Gasteiger charge is -2.26. The molecule has 92 valence electrons. The summed E-state index contributed by atoms with van der Waals surface area (Å²) in [5.74, 6) is -0.989. The van der Waals surface area contributed by atoms with Crippen LogP contribution in [0, 0.1) is 17.2 Å². The lowest BCUT2D eigenvalue weighted by molar-refractivity contribution is -0.142.